The second-order valence-corrected chi connectivity index (χ2v) is 7.20. The van der Waals surface area contributed by atoms with E-state index in [4.69, 9.17) is 0 Å². The van der Waals surface area contributed by atoms with Crippen molar-refractivity contribution < 1.29 is 9.85 Å². The minimum absolute atomic E-state index is 0.0220. The van der Waals surface area contributed by atoms with Gasteiger partial charge in [-0.05, 0) is 37.5 Å². The van der Waals surface area contributed by atoms with Crippen LogP contribution in [0.1, 0.15) is 37.2 Å². The zero-order chi connectivity index (χ0) is 22.0. The number of hydrazone groups is 1. The topological polar surface area (TPSA) is 156 Å². The average molecular weight is 422 g/mol. The number of H-pyrrole nitrogens is 1. The first-order valence-electron chi connectivity index (χ1n) is 9.68. The summed E-state index contributed by atoms with van der Waals surface area (Å²) in [5.74, 6) is -0.365. The van der Waals surface area contributed by atoms with Crippen LogP contribution in [0, 0.1) is 20.2 Å². The van der Waals surface area contributed by atoms with Crippen molar-refractivity contribution in [1.82, 2.24) is 9.97 Å². The lowest BCUT2D eigenvalue weighted by Gasteiger charge is -2.24. The molecule has 0 bridgehead atoms. The van der Waals surface area contributed by atoms with Gasteiger partial charge < -0.3 is 4.98 Å². The third-order valence-electron chi connectivity index (χ3n) is 5.28. The Morgan fingerprint density at radius 3 is 2.68 bits per heavy atom. The molecule has 1 aromatic heterocycles. The lowest BCUT2D eigenvalue weighted by molar-refractivity contribution is -0.394. The Kier molecular flexibility index (Phi) is 5.39. The van der Waals surface area contributed by atoms with Gasteiger partial charge in [-0.3, -0.25) is 30.4 Å². The molecule has 0 spiro atoms. The minimum atomic E-state index is -0.661. The summed E-state index contributed by atoms with van der Waals surface area (Å²) in [5, 5.41) is 27.0. The zero-order valence-corrected chi connectivity index (χ0v) is 16.3. The number of para-hydroxylation sites is 2. The summed E-state index contributed by atoms with van der Waals surface area (Å²) < 4.78 is 0. The zero-order valence-electron chi connectivity index (χ0n) is 16.3. The summed E-state index contributed by atoms with van der Waals surface area (Å²) >= 11 is 0. The van der Waals surface area contributed by atoms with Crippen LogP contribution in [0.5, 0.6) is 0 Å². The van der Waals surface area contributed by atoms with E-state index in [1.807, 2.05) is 0 Å². The van der Waals surface area contributed by atoms with Crippen molar-refractivity contribution in [2.24, 2.45) is 5.10 Å². The lowest BCUT2D eigenvalue weighted by atomic mass is 9.81. The number of nitro benzene ring substituents is 2. The molecule has 1 unspecified atom stereocenters. The molecule has 0 saturated heterocycles. The molecule has 1 fully saturated rings. The van der Waals surface area contributed by atoms with E-state index in [1.165, 1.54) is 12.1 Å². The van der Waals surface area contributed by atoms with Crippen molar-refractivity contribution in [3.8, 4) is 0 Å². The van der Waals surface area contributed by atoms with Crippen molar-refractivity contribution >= 4 is 33.9 Å². The van der Waals surface area contributed by atoms with E-state index in [0.717, 1.165) is 18.9 Å². The van der Waals surface area contributed by atoms with E-state index in [1.54, 1.807) is 24.3 Å². The Hall–Kier alpha value is -4.15. The van der Waals surface area contributed by atoms with Crippen molar-refractivity contribution in [2.75, 3.05) is 5.43 Å². The quantitative estimate of drug-likeness (QED) is 0.467. The predicted molar refractivity (Wildman–Crippen MR) is 114 cm³/mol. The standard InChI is InChI=1S/C20H18N6O5/c27-20-19(21-16-7-3-4-8-17(16)22-20)24-23-15-6-2-1-5-13(15)14-10-9-12(25(28)29)11-18(14)26(30)31/h3-4,7-11,13H,1-2,5-6H2,(H,21,24)(H,22,27)/b23-15+. The molecule has 1 aliphatic rings. The fourth-order valence-electron chi connectivity index (χ4n) is 3.79. The molecule has 2 N–H and O–H groups in total. The molecule has 0 radical (unpaired) electrons. The van der Waals surface area contributed by atoms with Gasteiger partial charge in [0.25, 0.3) is 16.9 Å². The molecule has 11 nitrogen and oxygen atoms in total. The third-order valence-corrected chi connectivity index (χ3v) is 5.28. The fourth-order valence-corrected chi connectivity index (χ4v) is 3.79. The van der Waals surface area contributed by atoms with Gasteiger partial charge >= 0.3 is 0 Å². The minimum Gasteiger partial charge on any atom is -0.317 e. The summed E-state index contributed by atoms with van der Waals surface area (Å²) in [6.07, 6.45) is 2.88. The lowest BCUT2D eigenvalue weighted by Crippen LogP contribution is -2.21. The average Bonchev–Trinajstić information content (AvgIpc) is 2.77. The normalized spacial score (nSPS) is 17.5. The van der Waals surface area contributed by atoms with Crippen molar-refractivity contribution in [3.63, 3.8) is 0 Å². The molecule has 158 valence electrons. The Balaban J connectivity index is 1.69. The number of hydrogen-bond donors (Lipinski definition) is 2. The molecule has 1 saturated carbocycles. The number of benzene rings is 2. The SMILES string of the molecule is O=c1[nH]c2ccccc2nc1N/N=C1\CCCCC1c1ccc([N+](=O)[O-])cc1[N+](=O)[O-]. The molecule has 11 heteroatoms. The van der Waals surface area contributed by atoms with E-state index in [-0.39, 0.29) is 23.1 Å². The summed E-state index contributed by atoms with van der Waals surface area (Å²) in [6.45, 7) is 0. The summed E-state index contributed by atoms with van der Waals surface area (Å²) in [4.78, 5) is 40.6. The molecule has 1 heterocycles. The number of nitrogens with zero attached hydrogens (tertiary/aromatic N) is 4. The maximum atomic E-state index is 12.3. The van der Waals surface area contributed by atoms with Gasteiger partial charge in [0.15, 0.2) is 0 Å². The number of rotatable bonds is 5. The number of nitro groups is 2. The predicted octanol–water partition coefficient (Wildman–Crippen LogP) is 3.87. The molecule has 0 amide bonds. The van der Waals surface area contributed by atoms with Crippen LogP contribution in [0.15, 0.2) is 52.4 Å². The Bertz CT molecular complexity index is 1270. The van der Waals surface area contributed by atoms with E-state index in [9.17, 15) is 25.0 Å². The highest BCUT2D eigenvalue weighted by atomic mass is 16.6. The van der Waals surface area contributed by atoms with Crippen molar-refractivity contribution in [3.05, 3.63) is 78.6 Å². The van der Waals surface area contributed by atoms with E-state index >= 15 is 0 Å². The van der Waals surface area contributed by atoms with Gasteiger partial charge in [-0.1, -0.05) is 18.6 Å². The maximum Gasteiger partial charge on any atom is 0.293 e. The van der Waals surface area contributed by atoms with Crippen LogP contribution in [-0.2, 0) is 0 Å². The molecule has 31 heavy (non-hydrogen) atoms. The highest BCUT2D eigenvalue weighted by molar-refractivity contribution is 5.93. The van der Waals surface area contributed by atoms with E-state index in [0.29, 0.717) is 35.2 Å². The number of fused-ring (bicyclic) bond motifs is 1. The summed E-state index contributed by atoms with van der Waals surface area (Å²) in [5.41, 5.74) is 3.83. The van der Waals surface area contributed by atoms with Gasteiger partial charge in [-0.25, -0.2) is 4.98 Å². The molecule has 3 aromatic rings. The maximum absolute atomic E-state index is 12.3. The molecule has 4 rings (SSSR count). The van der Waals surface area contributed by atoms with Crippen molar-refractivity contribution in [1.29, 1.82) is 0 Å². The summed E-state index contributed by atoms with van der Waals surface area (Å²) in [6, 6.07) is 10.7. The highest BCUT2D eigenvalue weighted by Gasteiger charge is 2.30. The highest BCUT2D eigenvalue weighted by Crippen LogP contribution is 2.37. The van der Waals surface area contributed by atoms with Gasteiger partial charge in [0.2, 0.25) is 5.82 Å². The number of nitrogens with one attached hydrogen (secondary N) is 2. The second-order valence-electron chi connectivity index (χ2n) is 7.20. The van der Waals surface area contributed by atoms with Crippen LogP contribution in [-0.4, -0.2) is 25.5 Å². The first-order chi connectivity index (χ1) is 14.9. The third kappa shape index (κ3) is 4.10. The Morgan fingerprint density at radius 1 is 1.10 bits per heavy atom. The first kappa shape index (κ1) is 20.1. The van der Waals surface area contributed by atoms with Crippen LogP contribution in [0.4, 0.5) is 17.2 Å². The molecule has 2 aromatic carbocycles. The Morgan fingerprint density at radius 2 is 1.90 bits per heavy atom. The van der Waals surface area contributed by atoms with Crippen LogP contribution in [0.3, 0.4) is 0 Å². The number of non-ortho nitro benzene ring substituents is 1. The second kappa shape index (κ2) is 8.30. The molecule has 1 atom stereocenters. The number of anilines is 1. The van der Waals surface area contributed by atoms with Crippen LogP contribution in [0.2, 0.25) is 0 Å². The monoisotopic (exact) mass is 422 g/mol. The summed E-state index contributed by atoms with van der Waals surface area (Å²) in [7, 11) is 0. The van der Waals surface area contributed by atoms with Gasteiger partial charge in [0, 0.05) is 23.3 Å². The molecule has 0 aliphatic heterocycles. The van der Waals surface area contributed by atoms with Crippen LogP contribution < -0.4 is 11.0 Å². The number of aromatic amines is 1. The fraction of sp³-hybridized carbons (Fsp3) is 0.250. The van der Waals surface area contributed by atoms with Crippen LogP contribution in [0.25, 0.3) is 11.0 Å². The van der Waals surface area contributed by atoms with Gasteiger partial charge in [-0.15, -0.1) is 0 Å². The Labute approximate surface area is 175 Å². The van der Waals surface area contributed by atoms with E-state index < -0.39 is 15.4 Å². The molecular weight excluding hydrogens is 404 g/mol. The largest absolute Gasteiger partial charge is 0.317 e. The van der Waals surface area contributed by atoms with Crippen molar-refractivity contribution in [2.45, 2.75) is 31.6 Å². The van der Waals surface area contributed by atoms with Crippen LogP contribution >= 0.6 is 0 Å². The first-order valence-corrected chi connectivity index (χ1v) is 9.68. The smallest absolute Gasteiger partial charge is 0.293 e. The van der Waals surface area contributed by atoms with Gasteiger partial charge in [0.1, 0.15) is 0 Å². The number of hydrogen-bond acceptors (Lipinski definition) is 8. The number of aromatic nitrogens is 2. The van der Waals surface area contributed by atoms with Gasteiger partial charge in [-0.2, -0.15) is 5.10 Å². The molecule has 1 aliphatic carbocycles. The van der Waals surface area contributed by atoms with E-state index in [2.05, 4.69) is 20.5 Å². The molecular formula is C20H18N6O5. The van der Waals surface area contributed by atoms with Gasteiger partial charge in [0.05, 0.1) is 26.9 Å².